The van der Waals surface area contributed by atoms with Crippen molar-refractivity contribution in [3.63, 3.8) is 0 Å². The van der Waals surface area contributed by atoms with E-state index in [9.17, 15) is 9.90 Å². The van der Waals surface area contributed by atoms with E-state index in [-0.39, 0.29) is 5.91 Å². The average molecular weight is 531 g/mol. The van der Waals surface area contributed by atoms with Crippen LogP contribution in [0.5, 0.6) is 0 Å². The molecule has 5 rings (SSSR count). The number of piperidine rings is 1. The Bertz CT molecular complexity index is 1300. The van der Waals surface area contributed by atoms with Gasteiger partial charge in [-0.1, -0.05) is 66.2 Å². The quantitative estimate of drug-likeness (QED) is 0.355. The minimum Gasteiger partial charge on any atom is -0.385 e. The van der Waals surface area contributed by atoms with Crippen LogP contribution in [0.3, 0.4) is 0 Å². The average Bonchev–Trinajstić information content (AvgIpc) is 3.04. The molecule has 2 aliphatic heterocycles. The molecule has 3 aromatic rings. The van der Waals surface area contributed by atoms with Crippen molar-refractivity contribution >= 4 is 28.8 Å². The van der Waals surface area contributed by atoms with Gasteiger partial charge in [0.05, 0.1) is 17.9 Å². The van der Waals surface area contributed by atoms with Crippen molar-refractivity contribution in [2.24, 2.45) is 0 Å². The number of anilines is 1. The summed E-state index contributed by atoms with van der Waals surface area (Å²) in [5.74, 6) is 0.00803. The molecular formula is C32H35ClN2O3. The van der Waals surface area contributed by atoms with Crippen LogP contribution in [0.2, 0.25) is 5.02 Å². The summed E-state index contributed by atoms with van der Waals surface area (Å²) in [7, 11) is 0. The number of nitrogens with zero attached hydrogens (tertiary/aromatic N) is 2. The van der Waals surface area contributed by atoms with Crippen LogP contribution in [0.1, 0.15) is 53.2 Å². The zero-order valence-corrected chi connectivity index (χ0v) is 22.7. The number of benzene rings is 3. The number of aliphatic hydroxyl groups is 1. The van der Waals surface area contributed by atoms with Gasteiger partial charge in [0.25, 0.3) is 5.91 Å². The molecule has 0 aromatic heterocycles. The van der Waals surface area contributed by atoms with Crippen LogP contribution >= 0.6 is 11.6 Å². The zero-order chi connectivity index (χ0) is 26.5. The molecule has 3 aromatic carbocycles. The molecule has 0 bridgehead atoms. The summed E-state index contributed by atoms with van der Waals surface area (Å²) in [6.45, 7) is 6.16. The lowest BCUT2D eigenvalue weighted by Crippen LogP contribution is -2.42. The van der Waals surface area contributed by atoms with Gasteiger partial charge in [-0.15, -0.1) is 0 Å². The molecular weight excluding hydrogens is 496 g/mol. The number of ether oxygens (including phenoxy) is 1. The molecule has 1 saturated heterocycles. The number of halogens is 1. The van der Waals surface area contributed by atoms with Crippen LogP contribution in [-0.2, 0) is 10.3 Å². The minimum atomic E-state index is -0.802. The van der Waals surface area contributed by atoms with Crippen LogP contribution in [0.25, 0.3) is 5.57 Å². The first kappa shape index (κ1) is 26.6. The zero-order valence-electron chi connectivity index (χ0n) is 21.9. The maximum Gasteiger partial charge on any atom is 0.258 e. The van der Waals surface area contributed by atoms with Gasteiger partial charge in [0.2, 0.25) is 0 Å². The van der Waals surface area contributed by atoms with Crippen molar-refractivity contribution in [2.75, 3.05) is 44.3 Å². The highest BCUT2D eigenvalue weighted by Crippen LogP contribution is 2.38. The summed E-state index contributed by atoms with van der Waals surface area (Å²) < 4.78 is 5.60. The van der Waals surface area contributed by atoms with Gasteiger partial charge in [-0.25, -0.2) is 0 Å². The fourth-order valence-corrected chi connectivity index (χ4v) is 5.70. The molecule has 5 nitrogen and oxygen atoms in total. The lowest BCUT2D eigenvalue weighted by molar-refractivity contribution is -0.0254. The number of rotatable bonds is 8. The largest absolute Gasteiger partial charge is 0.385 e. The Morgan fingerprint density at radius 3 is 2.29 bits per heavy atom. The SMILES string of the molecule is CCOCCN1C(=O)c2ccccc2/C(=C/CCN2CCC(O)(c3ccc(Cl)cc3)CC2)c2ccccc21. The van der Waals surface area contributed by atoms with Crippen molar-refractivity contribution in [1.29, 1.82) is 0 Å². The number of likely N-dealkylation sites (tertiary alicyclic amines) is 1. The van der Waals surface area contributed by atoms with Gasteiger partial charge < -0.3 is 19.6 Å². The third-order valence-corrected chi connectivity index (χ3v) is 7.95. The maximum absolute atomic E-state index is 13.7. The van der Waals surface area contributed by atoms with Gasteiger partial charge in [-0.05, 0) is 67.2 Å². The second-order valence-corrected chi connectivity index (χ2v) is 10.4. The molecule has 1 fully saturated rings. The predicted molar refractivity (Wildman–Crippen MR) is 154 cm³/mol. The normalized spacial score (nSPS) is 18.2. The number of hydrogen-bond donors (Lipinski definition) is 1. The number of hydrogen-bond acceptors (Lipinski definition) is 4. The van der Waals surface area contributed by atoms with E-state index in [0.29, 0.717) is 37.6 Å². The van der Waals surface area contributed by atoms with Gasteiger partial charge in [-0.3, -0.25) is 4.79 Å². The van der Waals surface area contributed by atoms with E-state index in [0.717, 1.165) is 59.6 Å². The van der Waals surface area contributed by atoms with Crippen LogP contribution < -0.4 is 4.90 Å². The molecule has 0 saturated carbocycles. The second-order valence-electron chi connectivity index (χ2n) is 10.0. The third kappa shape index (κ3) is 5.57. The first-order chi connectivity index (χ1) is 18.5. The smallest absolute Gasteiger partial charge is 0.258 e. The molecule has 1 N–H and O–H groups in total. The minimum absolute atomic E-state index is 0.00803. The van der Waals surface area contributed by atoms with Crippen LogP contribution in [0, 0.1) is 0 Å². The Balaban J connectivity index is 1.34. The molecule has 0 aliphatic carbocycles. The highest BCUT2D eigenvalue weighted by atomic mass is 35.5. The van der Waals surface area contributed by atoms with E-state index in [1.54, 1.807) is 0 Å². The van der Waals surface area contributed by atoms with Gasteiger partial charge in [0.15, 0.2) is 0 Å². The van der Waals surface area contributed by atoms with E-state index in [4.69, 9.17) is 16.3 Å². The number of fused-ring (bicyclic) bond motifs is 2. The Labute approximate surface area is 230 Å². The lowest BCUT2D eigenvalue weighted by Gasteiger charge is -2.38. The highest BCUT2D eigenvalue weighted by molar-refractivity contribution is 6.30. The third-order valence-electron chi connectivity index (χ3n) is 7.70. The maximum atomic E-state index is 13.7. The Kier molecular flexibility index (Phi) is 8.29. The first-order valence-corrected chi connectivity index (χ1v) is 13.9. The summed E-state index contributed by atoms with van der Waals surface area (Å²) >= 11 is 6.04. The number of carbonyl (C=O) groups is 1. The summed E-state index contributed by atoms with van der Waals surface area (Å²) in [6.07, 6.45) is 4.52. The molecule has 0 atom stereocenters. The lowest BCUT2D eigenvalue weighted by atomic mass is 9.84. The van der Waals surface area contributed by atoms with Crippen LogP contribution in [-0.4, -0.2) is 55.3 Å². The van der Waals surface area contributed by atoms with Crippen LogP contribution in [0.15, 0.2) is 78.9 Å². The molecule has 2 heterocycles. The number of carbonyl (C=O) groups excluding carboxylic acids is 1. The first-order valence-electron chi connectivity index (χ1n) is 13.5. The van der Waals surface area contributed by atoms with Crippen molar-refractivity contribution in [2.45, 2.75) is 31.8 Å². The summed E-state index contributed by atoms with van der Waals surface area (Å²) in [5, 5.41) is 11.9. The Hall–Kier alpha value is -2.96. The molecule has 0 spiro atoms. The van der Waals surface area contributed by atoms with Crippen molar-refractivity contribution in [1.82, 2.24) is 4.90 Å². The fraction of sp³-hybridized carbons (Fsp3) is 0.344. The van der Waals surface area contributed by atoms with Crippen molar-refractivity contribution in [3.8, 4) is 0 Å². The molecule has 0 radical (unpaired) electrons. The molecule has 1 amide bonds. The summed E-state index contributed by atoms with van der Waals surface area (Å²) in [5.41, 5.74) is 4.91. The van der Waals surface area contributed by atoms with Crippen molar-refractivity contribution in [3.05, 3.63) is 106 Å². The van der Waals surface area contributed by atoms with Gasteiger partial charge in [0, 0.05) is 48.9 Å². The molecule has 6 heteroatoms. The topological polar surface area (TPSA) is 53.0 Å². The highest BCUT2D eigenvalue weighted by Gasteiger charge is 2.34. The van der Waals surface area contributed by atoms with Crippen molar-refractivity contribution < 1.29 is 14.6 Å². The van der Waals surface area contributed by atoms with Gasteiger partial charge in [-0.2, -0.15) is 0 Å². The monoisotopic (exact) mass is 530 g/mol. The Morgan fingerprint density at radius 1 is 0.921 bits per heavy atom. The molecule has 2 aliphatic rings. The Morgan fingerprint density at radius 2 is 1.58 bits per heavy atom. The molecule has 198 valence electrons. The van der Waals surface area contributed by atoms with E-state index in [2.05, 4.69) is 23.1 Å². The van der Waals surface area contributed by atoms with E-state index in [1.165, 1.54) is 0 Å². The number of para-hydroxylation sites is 1. The van der Waals surface area contributed by atoms with E-state index in [1.807, 2.05) is 72.5 Å². The summed E-state index contributed by atoms with van der Waals surface area (Å²) in [6, 6.07) is 23.6. The fourth-order valence-electron chi connectivity index (χ4n) is 5.57. The van der Waals surface area contributed by atoms with Crippen LogP contribution in [0.4, 0.5) is 5.69 Å². The predicted octanol–water partition coefficient (Wildman–Crippen LogP) is 6.14. The van der Waals surface area contributed by atoms with E-state index >= 15 is 0 Å². The second kappa shape index (κ2) is 11.8. The molecule has 38 heavy (non-hydrogen) atoms. The molecule has 0 unspecified atom stereocenters. The van der Waals surface area contributed by atoms with E-state index < -0.39 is 5.60 Å². The number of amides is 1. The standard InChI is InChI=1S/C32H35ClN2O3/c1-2-38-23-22-35-30-12-6-5-9-28(30)26(27-8-3-4-10-29(27)31(35)36)11-7-19-34-20-17-32(37,18-21-34)24-13-15-25(33)16-14-24/h3-6,8-16,37H,2,7,17-23H2,1H3/b26-11-. The van der Waals surface area contributed by atoms with Gasteiger partial charge >= 0.3 is 0 Å². The van der Waals surface area contributed by atoms with Gasteiger partial charge in [0.1, 0.15) is 0 Å². The summed E-state index contributed by atoms with van der Waals surface area (Å²) in [4.78, 5) is 17.9.